The smallest absolute Gasteiger partial charge is 0.410 e. The maximum Gasteiger partial charge on any atom is 0.410 e. The first-order valence-corrected chi connectivity index (χ1v) is 12.0. The molecule has 184 valence electrons. The minimum atomic E-state index is -0.540. The number of nitrogens with zero attached hydrogens (tertiary/aromatic N) is 7. The molecule has 0 aliphatic carbocycles. The number of amides is 1. The van der Waals surface area contributed by atoms with Crippen molar-refractivity contribution in [2.45, 2.75) is 72.1 Å². The summed E-state index contributed by atoms with van der Waals surface area (Å²) in [6.07, 6.45) is 4.96. The summed E-state index contributed by atoms with van der Waals surface area (Å²) in [6.45, 7) is 15.2. The molecular weight excluding hydrogens is 442 g/mol. The van der Waals surface area contributed by atoms with Gasteiger partial charge in [-0.15, -0.1) is 0 Å². The van der Waals surface area contributed by atoms with Gasteiger partial charge in [-0.3, -0.25) is 4.57 Å². The lowest BCUT2D eigenvalue weighted by molar-refractivity contribution is 0.0130. The van der Waals surface area contributed by atoms with E-state index in [0.29, 0.717) is 24.5 Å². The summed E-state index contributed by atoms with van der Waals surface area (Å²) in [4.78, 5) is 30.7. The lowest BCUT2D eigenvalue weighted by Crippen LogP contribution is -2.59. The van der Waals surface area contributed by atoms with Crippen LogP contribution in [0.5, 0.6) is 0 Å². The fourth-order valence-electron chi connectivity index (χ4n) is 4.52. The second-order valence-corrected chi connectivity index (χ2v) is 10.5. The highest BCUT2D eigenvalue weighted by Gasteiger charge is 2.36. The summed E-state index contributed by atoms with van der Waals surface area (Å²) in [7, 11) is 0. The second-order valence-electron chi connectivity index (χ2n) is 10.5. The van der Waals surface area contributed by atoms with E-state index >= 15 is 0 Å². The number of pyridine rings is 1. The van der Waals surface area contributed by atoms with Crippen molar-refractivity contribution in [3.05, 3.63) is 42.0 Å². The molecule has 1 saturated heterocycles. The van der Waals surface area contributed by atoms with Gasteiger partial charge in [0.25, 0.3) is 0 Å². The molecule has 3 aromatic rings. The minimum absolute atomic E-state index is 0.0280. The molecule has 9 nitrogen and oxygen atoms in total. The van der Waals surface area contributed by atoms with Crippen molar-refractivity contribution in [2.24, 2.45) is 0 Å². The summed E-state index contributed by atoms with van der Waals surface area (Å²) in [6, 6.07) is 5.60. The Labute approximate surface area is 206 Å². The molecule has 35 heavy (non-hydrogen) atoms. The van der Waals surface area contributed by atoms with Crippen LogP contribution in [0, 0.1) is 11.3 Å². The Morgan fingerprint density at radius 2 is 1.91 bits per heavy atom. The van der Waals surface area contributed by atoms with Crippen molar-refractivity contribution in [1.29, 1.82) is 5.26 Å². The van der Waals surface area contributed by atoms with Crippen LogP contribution in [0.2, 0.25) is 0 Å². The van der Waals surface area contributed by atoms with E-state index in [-0.39, 0.29) is 24.1 Å². The van der Waals surface area contributed by atoms with Crippen LogP contribution in [0.4, 0.5) is 10.6 Å². The molecule has 1 aliphatic heterocycles. The number of aromatic nitrogens is 4. The predicted molar refractivity (Wildman–Crippen MR) is 135 cm³/mol. The fourth-order valence-corrected chi connectivity index (χ4v) is 4.52. The minimum Gasteiger partial charge on any atom is -0.444 e. The molecular formula is C26H33N7O2. The Morgan fingerprint density at radius 1 is 1.17 bits per heavy atom. The summed E-state index contributed by atoms with van der Waals surface area (Å²) in [5.74, 6) is 1.71. The number of anilines is 1. The zero-order chi connectivity index (χ0) is 25.5. The van der Waals surface area contributed by atoms with Gasteiger partial charge < -0.3 is 14.5 Å². The molecule has 0 spiro atoms. The van der Waals surface area contributed by atoms with E-state index in [1.807, 2.05) is 38.5 Å². The molecule has 0 aromatic carbocycles. The number of fused-ring (bicyclic) bond motifs is 1. The third-order valence-corrected chi connectivity index (χ3v) is 6.22. The number of rotatable bonds is 3. The number of carbonyl (C=O) groups excluding carboxylic acids is 1. The van der Waals surface area contributed by atoms with Gasteiger partial charge in [0.05, 0.1) is 17.0 Å². The van der Waals surface area contributed by atoms with Crippen molar-refractivity contribution >= 4 is 22.9 Å². The Kier molecular flexibility index (Phi) is 6.41. The van der Waals surface area contributed by atoms with Crippen LogP contribution in [0.15, 0.2) is 30.9 Å². The third kappa shape index (κ3) is 4.78. The number of hydrogen-bond acceptors (Lipinski definition) is 7. The lowest BCUT2D eigenvalue weighted by Gasteiger charge is -2.44. The molecule has 0 saturated carbocycles. The molecule has 0 bridgehead atoms. The average molecular weight is 476 g/mol. The van der Waals surface area contributed by atoms with Gasteiger partial charge in [-0.2, -0.15) is 5.26 Å². The van der Waals surface area contributed by atoms with Crippen molar-refractivity contribution in [2.75, 3.05) is 18.0 Å². The summed E-state index contributed by atoms with van der Waals surface area (Å²) in [5, 5.41) is 10.3. The van der Waals surface area contributed by atoms with E-state index in [1.165, 1.54) is 0 Å². The van der Waals surface area contributed by atoms with Crippen LogP contribution >= 0.6 is 0 Å². The maximum atomic E-state index is 12.8. The molecule has 1 fully saturated rings. The Bertz CT molecular complexity index is 1290. The topological polar surface area (TPSA) is 100 Å². The Morgan fingerprint density at radius 3 is 2.57 bits per heavy atom. The zero-order valence-corrected chi connectivity index (χ0v) is 21.5. The van der Waals surface area contributed by atoms with Gasteiger partial charge in [0.15, 0.2) is 5.65 Å². The summed E-state index contributed by atoms with van der Waals surface area (Å²) >= 11 is 0. The van der Waals surface area contributed by atoms with Gasteiger partial charge in [-0.05, 0) is 58.2 Å². The van der Waals surface area contributed by atoms with Crippen LogP contribution in [-0.2, 0) is 4.74 Å². The van der Waals surface area contributed by atoms with Gasteiger partial charge >= 0.3 is 6.09 Å². The van der Waals surface area contributed by atoms with Gasteiger partial charge in [-0.25, -0.2) is 19.7 Å². The van der Waals surface area contributed by atoms with Crippen molar-refractivity contribution in [1.82, 2.24) is 24.4 Å². The van der Waals surface area contributed by atoms with Crippen molar-refractivity contribution in [3.8, 4) is 11.9 Å². The van der Waals surface area contributed by atoms with Gasteiger partial charge in [-0.1, -0.05) is 13.8 Å². The molecule has 2 atom stereocenters. The molecule has 3 aromatic heterocycles. The number of carbonyl (C=O) groups is 1. The van der Waals surface area contributed by atoms with Gasteiger partial charge in [0.2, 0.25) is 0 Å². The fraction of sp³-hybridized carbons (Fsp3) is 0.500. The zero-order valence-electron chi connectivity index (χ0n) is 21.5. The molecule has 0 radical (unpaired) electrons. The van der Waals surface area contributed by atoms with Crippen molar-refractivity contribution < 1.29 is 9.53 Å². The number of piperazine rings is 1. The normalized spacial score (nSPS) is 18.7. The van der Waals surface area contributed by atoms with E-state index in [4.69, 9.17) is 9.72 Å². The van der Waals surface area contributed by atoms with Crippen LogP contribution in [-0.4, -0.2) is 61.3 Å². The van der Waals surface area contributed by atoms with Gasteiger partial charge in [0.1, 0.15) is 23.6 Å². The monoisotopic (exact) mass is 475 g/mol. The average Bonchev–Trinajstić information content (AvgIpc) is 3.19. The molecule has 4 rings (SSSR count). The Hall–Kier alpha value is -3.67. The quantitative estimate of drug-likeness (QED) is 0.544. The van der Waals surface area contributed by atoms with E-state index in [0.717, 1.165) is 22.4 Å². The largest absolute Gasteiger partial charge is 0.444 e. The standard InChI is InChI=1S/C26H33N7O2/c1-16(2)20-14-33(21-10-19(11-27)8-9-28-21)24-22(20)23(29-15-30-24)31-12-18(4)32(13-17(31)3)25(34)35-26(5,6)7/h8-10,14-18H,12-13H2,1-7H3/t17-,18+/m0/s1. The van der Waals surface area contributed by atoms with E-state index in [1.54, 1.807) is 29.6 Å². The van der Waals surface area contributed by atoms with Crippen LogP contribution in [0.25, 0.3) is 16.9 Å². The first kappa shape index (κ1) is 24.5. The molecule has 9 heteroatoms. The molecule has 0 N–H and O–H groups in total. The highest BCUT2D eigenvalue weighted by Crippen LogP contribution is 2.36. The maximum absolute atomic E-state index is 12.8. The number of hydrogen-bond donors (Lipinski definition) is 0. The Balaban J connectivity index is 1.76. The number of ether oxygens (including phenoxy) is 1. The SMILES string of the molecule is CC(C)c1cn(-c2cc(C#N)ccn2)c2ncnc(N3C[C@@H](C)N(C(=O)OC(C)(C)C)C[C@@H]3C)c12. The van der Waals surface area contributed by atoms with Crippen LogP contribution in [0.3, 0.4) is 0 Å². The first-order chi connectivity index (χ1) is 16.5. The molecule has 4 heterocycles. The van der Waals surface area contributed by atoms with E-state index in [9.17, 15) is 10.1 Å². The van der Waals surface area contributed by atoms with Crippen LogP contribution in [0.1, 0.15) is 65.5 Å². The van der Waals surface area contributed by atoms with Crippen LogP contribution < -0.4 is 4.90 Å². The lowest BCUT2D eigenvalue weighted by atomic mass is 10.0. The summed E-state index contributed by atoms with van der Waals surface area (Å²) in [5.41, 5.74) is 1.85. The predicted octanol–water partition coefficient (Wildman–Crippen LogP) is 4.64. The summed E-state index contributed by atoms with van der Waals surface area (Å²) < 4.78 is 7.57. The molecule has 1 aliphatic rings. The highest BCUT2D eigenvalue weighted by atomic mass is 16.6. The molecule has 0 unspecified atom stereocenters. The van der Waals surface area contributed by atoms with E-state index in [2.05, 4.69) is 41.7 Å². The van der Waals surface area contributed by atoms with Crippen molar-refractivity contribution in [3.63, 3.8) is 0 Å². The third-order valence-electron chi connectivity index (χ3n) is 6.22. The number of nitriles is 1. The molecule has 1 amide bonds. The van der Waals surface area contributed by atoms with Gasteiger partial charge in [0, 0.05) is 37.6 Å². The second kappa shape index (κ2) is 9.17. The van der Waals surface area contributed by atoms with E-state index < -0.39 is 5.60 Å². The highest BCUT2D eigenvalue weighted by molar-refractivity contribution is 5.93. The first-order valence-electron chi connectivity index (χ1n) is 12.0.